The third kappa shape index (κ3) is 19.7. The number of ketones is 3. The lowest BCUT2D eigenvalue weighted by molar-refractivity contribution is -0.229. The first-order valence-corrected chi connectivity index (χ1v) is 25.0. The van der Waals surface area contributed by atoms with Gasteiger partial charge in [0.05, 0.1) is 50.3 Å². The lowest BCUT2D eigenvalue weighted by Gasteiger charge is -2.37. The lowest BCUT2D eigenvalue weighted by Crippen LogP contribution is -2.51. The monoisotopic (exact) mass is 951 g/mol. The normalized spacial score (nSPS) is 36.8. The largest absolute Gasteiger partial charge is 0.394 e. The number of methoxy groups -OCH3 is 3. The summed E-state index contributed by atoms with van der Waals surface area (Å²) in [6.07, 6.45) is 10.4. The molecule has 5 N–H and O–H groups in total. The van der Waals surface area contributed by atoms with Crippen LogP contribution in [-0.2, 0) is 42.8 Å². The van der Waals surface area contributed by atoms with Gasteiger partial charge in [-0.1, -0.05) is 97.3 Å². The van der Waals surface area contributed by atoms with Crippen LogP contribution in [0.4, 0.5) is 0 Å². The zero-order chi connectivity index (χ0) is 50.3. The second kappa shape index (κ2) is 31.7. The molecule has 67 heavy (non-hydrogen) atoms. The Labute approximate surface area is 402 Å². The van der Waals surface area contributed by atoms with Crippen molar-refractivity contribution in [2.75, 3.05) is 41.2 Å². The van der Waals surface area contributed by atoms with E-state index in [1.165, 1.54) is 7.11 Å². The Hall–Kier alpha value is -2.47. The first-order chi connectivity index (χ1) is 31.8. The van der Waals surface area contributed by atoms with Crippen molar-refractivity contribution in [1.82, 2.24) is 0 Å². The van der Waals surface area contributed by atoms with Gasteiger partial charge in [-0.3, -0.25) is 14.4 Å². The summed E-state index contributed by atoms with van der Waals surface area (Å²) >= 11 is 0. The van der Waals surface area contributed by atoms with E-state index in [1.807, 2.05) is 65.0 Å². The van der Waals surface area contributed by atoms with E-state index in [1.54, 1.807) is 34.1 Å². The van der Waals surface area contributed by atoms with Gasteiger partial charge in [-0.15, -0.1) is 0 Å². The maximum Gasteiger partial charge on any atom is 0.257 e. The number of hydrogen-bond donors (Lipinski definition) is 5. The Morgan fingerprint density at radius 1 is 0.881 bits per heavy atom. The summed E-state index contributed by atoms with van der Waals surface area (Å²) in [5.41, 5.74) is 1.35. The lowest BCUT2D eigenvalue weighted by atomic mass is 9.74. The summed E-state index contributed by atoms with van der Waals surface area (Å²) in [5.74, 6) is -6.92. The van der Waals surface area contributed by atoms with Gasteiger partial charge in [0, 0.05) is 64.3 Å². The molecular weight excluding hydrogens is 861 g/mol. The van der Waals surface area contributed by atoms with Gasteiger partial charge in [-0.25, -0.2) is 0 Å². The summed E-state index contributed by atoms with van der Waals surface area (Å²) in [6.45, 7) is 15.3. The molecule has 0 amide bonds. The van der Waals surface area contributed by atoms with Gasteiger partial charge in [0.15, 0.2) is 12.1 Å². The van der Waals surface area contributed by atoms with Crippen molar-refractivity contribution in [3.63, 3.8) is 0 Å². The highest BCUT2D eigenvalue weighted by Gasteiger charge is 2.48. The maximum atomic E-state index is 14.3. The van der Waals surface area contributed by atoms with Crippen LogP contribution in [0.15, 0.2) is 47.6 Å². The number of allylic oxidation sites excluding steroid dienone is 5. The van der Waals surface area contributed by atoms with Crippen molar-refractivity contribution < 1.29 is 68.3 Å². The van der Waals surface area contributed by atoms with Gasteiger partial charge >= 0.3 is 0 Å². The molecule has 14 nitrogen and oxygen atoms in total. The van der Waals surface area contributed by atoms with Gasteiger partial charge in [0.25, 0.3) is 5.78 Å². The molecule has 0 saturated heterocycles. The topological polar surface area (TPSA) is 208 Å². The molecule has 0 spiro atoms. The molecule has 15 atom stereocenters. The van der Waals surface area contributed by atoms with Crippen LogP contribution in [0.2, 0.25) is 0 Å². The number of hydrogen-bond acceptors (Lipinski definition) is 14. The van der Waals surface area contributed by atoms with Crippen LogP contribution in [0.1, 0.15) is 139 Å². The molecule has 0 radical (unpaired) electrons. The Balaban J connectivity index is 2.61. The van der Waals surface area contributed by atoms with Crippen LogP contribution in [0, 0.1) is 35.5 Å². The number of aliphatic hydroxyl groups excluding tert-OH is 4. The van der Waals surface area contributed by atoms with Gasteiger partial charge in [0.1, 0.15) is 12.2 Å². The van der Waals surface area contributed by atoms with E-state index in [9.17, 15) is 39.9 Å². The zero-order valence-electron chi connectivity index (χ0n) is 42.8. The van der Waals surface area contributed by atoms with Gasteiger partial charge in [0.2, 0.25) is 11.6 Å². The standard InChI is InChI=1S/C53H90O14/c1-12-39(30-42(62-9)33-65-27-26-54)24-25-41-31-45(55)36(6)29-38(8)48(57)50(64-11)47(56)37(7)28-34(4)20-16-15-17-21-35(5)46(63-10)32-40(13-2)67-53(61,14-3)51(59)49(58)43-22-18-19-23-44(43)52(60)66-41/h15-17,20-21,29,34,36-37,39-46,48,50,52,54-55,57,60-61H,12-14,18-19,22-28,30-33H2,1-11H3/b17-15+,20-16+,35-21+,38-29+. The van der Waals surface area contributed by atoms with Crippen LogP contribution in [-0.4, -0.2) is 139 Å². The Kier molecular flexibility index (Phi) is 28.7. The van der Waals surface area contributed by atoms with Crippen LogP contribution in [0.3, 0.4) is 0 Å². The minimum atomic E-state index is -2.39. The van der Waals surface area contributed by atoms with Crippen LogP contribution < -0.4 is 0 Å². The van der Waals surface area contributed by atoms with E-state index in [-0.39, 0.29) is 49.8 Å². The summed E-state index contributed by atoms with van der Waals surface area (Å²) in [5, 5.41) is 56.2. The third-order valence-corrected chi connectivity index (χ3v) is 14.1. The summed E-state index contributed by atoms with van der Waals surface area (Å²) in [6, 6.07) is 0. The van der Waals surface area contributed by atoms with Crippen molar-refractivity contribution in [3.05, 3.63) is 47.6 Å². The maximum absolute atomic E-state index is 14.3. The molecule has 2 rings (SSSR count). The minimum absolute atomic E-state index is 0.0322. The minimum Gasteiger partial charge on any atom is -0.394 e. The van der Waals surface area contributed by atoms with Crippen LogP contribution in [0.5, 0.6) is 0 Å². The fourth-order valence-electron chi connectivity index (χ4n) is 9.51. The first-order valence-electron chi connectivity index (χ1n) is 25.0. The highest BCUT2D eigenvalue weighted by Crippen LogP contribution is 2.37. The molecule has 0 bridgehead atoms. The first kappa shape index (κ1) is 60.7. The second-order valence-electron chi connectivity index (χ2n) is 19.3. The molecule has 1 aliphatic heterocycles. The molecule has 1 heterocycles. The molecule has 0 aromatic rings. The molecule has 1 aliphatic carbocycles. The summed E-state index contributed by atoms with van der Waals surface area (Å²) in [4.78, 5) is 42.1. The quantitative estimate of drug-likeness (QED) is 0.0627. The van der Waals surface area contributed by atoms with Crippen molar-refractivity contribution in [3.8, 4) is 0 Å². The van der Waals surface area contributed by atoms with Gasteiger partial charge in [-0.2, -0.15) is 0 Å². The van der Waals surface area contributed by atoms with Crippen LogP contribution >= 0.6 is 0 Å². The Morgan fingerprint density at radius 2 is 1.58 bits per heavy atom. The van der Waals surface area contributed by atoms with Gasteiger partial charge < -0.3 is 54.0 Å². The highest BCUT2D eigenvalue weighted by molar-refractivity contribution is 6.40. The van der Waals surface area contributed by atoms with E-state index in [4.69, 9.17) is 28.4 Å². The van der Waals surface area contributed by atoms with E-state index in [2.05, 4.69) is 6.92 Å². The van der Waals surface area contributed by atoms with E-state index in [0.29, 0.717) is 76.4 Å². The Morgan fingerprint density at radius 3 is 2.19 bits per heavy atom. The number of carbonyl (C=O) groups excluding carboxylic acids is 3. The number of carbonyl (C=O) groups is 3. The van der Waals surface area contributed by atoms with Crippen LogP contribution in [0.25, 0.3) is 0 Å². The van der Waals surface area contributed by atoms with Crippen molar-refractivity contribution in [2.45, 2.75) is 194 Å². The number of aliphatic hydroxyl groups is 5. The van der Waals surface area contributed by atoms with Gasteiger partial charge in [-0.05, 0) is 81.8 Å². The van der Waals surface area contributed by atoms with E-state index < -0.39 is 83.9 Å². The Bertz CT molecular complexity index is 1580. The van der Waals surface area contributed by atoms with E-state index in [0.717, 1.165) is 12.0 Å². The molecule has 0 aromatic carbocycles. The highest BCUT2D eigenvalue weighted by atomic mass is 16.6. The SMILES string of the molecule is CCC(CCC1CC(O)C(C)/C=C(\C)C(O)C(OC)C(=O)C(C)CC(C)/C=C/C=C/C=C(\C)C(OC)CC(CC)OC(O)(CC)C(=O)C(=O)C2CCCCC2C(O)O1)CC(COCCO)OC. The predicted molar refractivity (Wildman–Crippen MR) is 259 cm³/mol. The third-order valence-electron chi connectivity index (χ3n) is 14.1. The molecule has 15 unspecified atom stereocenters. The fraction of sp³-hybridized carbons (Fsp3) is 0.792. The fourth-order valence-corrected chi connectivity index (χ4v) is 9.51. The number of ether oxygens (including phenoxy) is 6. The summed E-state index contributed by atoms with van der Waals surface area (Å²) < 4.78 is 35.3. The van der Waals surface area contributed by atoms with E-state index >= 15 is 0 Å². The molecule has 0 aromatic heterocycles. The molecule has 1 fully saturated rings. The molecule has 14 heteroatoms. The molecule has 2 aliphatic rings. The average Bonchev–Trinajstić information content (AvgIpc) is 3.32. The number of Topliss-reactive ketones (excluding diaryl/α,β-unsaturated/α-hetero) is 3. The second-order valence-corrected chi connectivity index (χ2v) is 19.3. The summed E-state index contributed by atoms with van der Waals surface area (Å²) in [7, 11) is 4.60. The average molecular weight is 951 g/mol. The number of rotatable bonds is 15. The molecule has 386 valence electrons. The van der Waals surface area contributed by atoms with Crippen molar-refractivity contribution in [1.29, 1.82) is 0 Å². The van der Waals surface area contributed by atoms with Crippen molar-refractivity contribution >= 4 is 17.3 Å². The molecular formula is C53H90O14. The molecule has 1 saturated carbocycles. The van der Waals surface area contributed by atoms with Crippen molar-refractivity contribution in [2.24, 2.45) is 35.5 Å². The smallest absolute Gasteiger partial charge is 0.257 e. The predicted octanol–water partition coefficient (Wildman–Crippen LogP) is 7.17. The zero-order valence-corrected chi connectivity index (χ0v) is 42.8. The number of fused-ring (bicyclic) bond motifs is 1.